The highest BCUT2D eigenvalue weighted by Gasteiger charge is 2.65. The number of ether oxygens (including phenoxy) is 2. The maximum absolute atomic E-state index is 14.4. The van der Waals surface area contributed by atoms with Crippen LogP contribution in [0.3, 0.4) is 0 Å². The molecule has 2 heterocycles. The predicted octanol–water partition coefficient (Wildman–Crippen LogP) is 4.08. The minimum absolute atomic E-state index is 0.0501. The number of nitrogens with one attached hydrogen (secondary N) is 1. The standard InChI is InChI=1S/C21H20F5N3O3S/c1-9-14(11-4-5-12(22)15(23)16(11)31-3)17(32-20(9,2)21(24,25)26)19(30)29-10-6-7-28-13(8-10)18(27)33/h4-9,14,17H,1-3H3,(H2,27,33)(H,28,29,30)/t9-,14-,17+,20+/m0/s1. The van der Waals surface area contributed by atoms with E-state index in [9.17, 15) is 26.7 Å². The Bertz CT molecular complexity index is 1100. The lowest BCUT2D eigenvalue weighted by Gasteiger charge is -2.32. The van der Waals surface area contributed by atoms with E-state index in [-0.39, 0.29) is 21.9 Å². The van der Waals surface area contributed by atoms with Gasteiger partial charge in [0.15, 0.2) is 17.2 Å². The van der Waals surface area contributed by atoms with E-state index in [0.717, 1.165) is 26.2 Å². The molecule has 33 heavy (non-hydrogen) atoms. The molecular formula is C21H20F5N3O3S. The van der Waals surface area contributed by atoms with Crippen molar-refractivity contribution < 1.29 is 36.2 Å². The average molecular weight is 489 g/mol. The highest BCUT2D eigenvalue weighted by atomic mass is 32.1. The lowest BCUT2D eigenvalue weighted by molar-refractivity contribution is -0.272. The van der Waals surface area contributed by atoms with Crippen molar-refractivity contribution in [2.75, 3.05) is 12.4 Å². The molecule has 1 aliphatic heterocycles. The van der Waals surface area contributed by atoms with E-state index >= 15 is 0 Å². The fourth-order valence-electron chi connectivity index (χ4n) is 3.90. The van der Waals surface area contributed by atoms with Crippen molar-refractivity contribution in [3.8, 4) is 5.75 Å². The van der Waals surface area contributed by atoms with Gasteiger partial charge in [0.05, 0.1) is 12.8 Å². The summed E-state index contributed by atoms with van der Waals surface area (Å²) in [6.07, 6.45) is -5.27. The Morgan fingerprint density at radius 3 is 2.55 bits per heavy atom. The first-order valence-corrected chi connectivity index (χ1v) is 10.1. The van der Waals surface area contributed by atoms with E-state index in [1.807, 2.05) is 0 Å². The number of methoxy groups -OCH3 is 1. The zero-order valence-electron chi connectivity index (χ0n) is 17.7. The highest BCUT2D eigenvalue weighted by Crippen LogP contribution is 2.55. The summed E-state index contributed by atoms with van der Waals surface area (Å²) in [7, 11) is 1.05. The van der Waals surface area contributed by atoms with Gasteiger partial charge in [-0.15, -0.1) is 0 Å². The Balaban J connectivity index is 2.07. The molecule has 178 valence electrons. The van der Waals surface area contributed by atoms with Crippen molar-refractivity contribution in [3.63, 3.8) is 0 Å². The molecule has 1 amide bonds. The number of aromatic nitrogens is 1. The summed E-state index contributed by atoms with van der Waals surface area (Å²) >= 11 is 4.83. The van der Waals surface area contributed by atoms with Crippen LogP contribution < -0.4 is 15.8 Å². The van der Waals surface area contributed by atoms with Crippen molar-refractivity contribution >= 4 is 28.8 Å². The number of carbonyl (C=O) groups excluding carboxylic acids is 1. The molecule has 0 saturated carbocycles. The first-order valence-electron chi connectivity index (χ1n) is 9.65. The quantitative estimate of drug-likeness (QED) is 0.486. The molecule has 0 unspecified atom stereocenters. The third-order valence-electron chi connectivity index (χ3n) is 5.85. The summed E-state index contributed by atoms with van der Waals surface area (Å²) < 4.78 is 80.2. The number of pyridine rings is 1. The molecular weight excluding hydrogens is 469 g/mol. The molecule has 1 aromatic heterocycles. The molecule has 3 N–H and O–H groups in total. The summed E-state index contributed by atoms with van der Waals surface area (Å²) in [5, 5.41) is 2.46. The van der Waals surface area contributed by atoms with Gasteiger partial charge in [-0.25, -0.2) is 4.39 Å². The number of amides is 1. The summed E-state index contributed by atoms with van der Waals surface area (Å²) in [6, 6.07) is 4.57. The number of thiocarbonyl (C=S) groups is 1. The van der Waals surface area contributed by atoms with Gasteiger partial charge in [-0.3, -0.25) is 9.78 Å². The van der Waals surface area contributed by atoms with Gasteiger partial charge in [-0.1, -0.05) is 25.2 Å². The Kier molecular flexibility index (Phi) is 6.62. The minimum Gasteiger partial charge on any atom is -0.493 e. The van der Waals surface area contributed by atoms with E-state index in [2.05, 4.69) is 10.3 Å². The second-order valence-corrected chi connectivity index (χ2v) is 8.16. The van der Waals surface area contributed by atoms with Crippen LogP contribution in [-0.4, -0.2) is 40.9 Å². The van der Waals surface area contributed by atoms with Crippen LogP contribution in [0.4, 0.5) is 27.6 Å². The van der Waals surface area contributed by atoms with Gasteiger partial charge in [0.1, 0.15) is 11.1 Å². The second kappa shape index (κ2) is 8.82. The number of nitrogens with two attached hydrogens (primary N) is 1. The van der Waals surface area contributed by atoms with E-state index in [1.165, 1.54) is 25.3 Å². The summed E-state index contributed by atoms with van der Waals surface area (Å²) in [6.45, 7) is 2.03. The van der Waals surface area contributed by atoms with Gasteiger partial charge in [0.25, 0.3) is 5.91 Å². The maximum atomic E-state index is 14.4. The zero-order valence-corrected chi connectivity index (χ0v) is 18.5. The number of alkyl halides is 3. The number of carbonyl (C=O) groups is 1. The van der Waals surface area contributed by atoms with E-state index in [4.69, 9.17) is 27.4 Å². The monoisotopic (exact) mass is 489 g/mol. The highest BCUT2D eigenvalue weighted by molar-refractivity contribution is 7.80. The van der Waals surface area contributed by atoms with E-state index < -0.39 is 53.0 Å². The predicted molar refractivity (Wildman–Crippen MR) is 113 cm³/mol. The van der Waals surface area contributed by atoms with Crippen molar-refractivity contribution in [2.45, 2.75) is 37.6 Å². The number of nitrogens with zero attached hydrogens (tertiary/aromatic N) is 1. The Hall–Kier alpha value is -2.86. The molecule has 3 rings (SSSR count). The number of hydrogen-bond donors (Lipinski definition) is 2. The van der Waals surface area contributed by atoms with Crippen molar-refractivity contribution in [3.05, 3.63) is 53.4 Å². The van der Waals surface area contributed by atoms with Gasteiger partial charge < -0.3 is 20.5 Å². The number of anilines is 1. The topological polar surface area (TPSA) is 86.5 Å². The number of benzene rings is 1. The van der Waals surface area contributed by atoms with Crippen LogP contribution >= 0.6 is 12.2 Å². The summed E-state index contributed by atoms with van der Waals surface area (Å²) in [5.41, 5.74) is 2.98. The zero-order chi connectivity index (χ0) is 24.7. The minimum atomic E-state index is -4.86. The first-order chi connectivity index (χ1) is 15.3. The molecule has 2 aromatic rings. The van der Waals surface area contributed by atoms with E-state index in [0.29, 0.717) is 0 Å². The first kappa shape index (κ1) is 24.8. The molecule has 1 aromatic carbocycles. The van der Waals surface area contributed by atoms with Crippen LogP contribution in [0.1, 0.15) is 31.0 Å². The number of rotatable bonds is 5. The van der Waals surface area contributed by atoms with Gasteiger partial charge in [-0.05, 0) is 25.1 Å². The molecule has 1 saturated heterocycles. The third kappa shape index (κ3) is 4.36. The Morgan fingerprint density at radius 1 is 1.30 bits per heavy atom. The Labute approximate surface area is 191 Å². The summed E-state index contributed by atoms with van der Waals surface area (Å²) in [4.78, 5) is 17.0. The third-order valence-corrected chi connectivity index (χ3v) is 6.06. The fourth-order valence-corrected chi connectivity index (χ4v) is 4.01. The lowest BCUT2D eigenvalue weighted by Crippen LogP contribution is -2.47. The summed E-state index contributed by atoms with van der Waals surface area (Å²) in [5.74, 6) is -6.85. The van der Waals surface area contributed by atoms with Gasteiger partial charge in [0, 0.05) is 29.3 Å². The number of halogens is 5. The lowest BCUT2D eigenvalue weighted by atomic mass is 9.77. The maximum Gasteiger partial charge on any atom is 0.417 e. The van der Waals surface area contributed by atoms with Gasteiger partial charge in [0.2, 0.25) is 5.82 Å². The average Bonchev–Trinajstić information content (AvgIpc) is 3.02. The van der Waals surface area contributed by atoms with Crippen molar-refractivity contribution in [2.24, 2.45) is 11.7 Å². The van der Waals surface area contributed by atoms with Gasteiger partial charge >= 0.3 is 6.18 Å². The molecule has 0 spiro atoms. The molecule has 0 bridgehead atoms. The second-order valence-electron chi connectivity index (χ2n) is 7.72. The normalized spacial score (nSPS) is 25.0. The largest absolute Gasteiger partial charge is 0.493 e. The van der Waals surface area contributed by atoms with Crippen LogP contribution in [0.2, 0.25) is 0 Å². The molecule has 4 atom stereocenters. The molecule has 6 nitrogen and oxygen atoms in total. The molecule has 12 heteroatoms. The SMILES string of the molecule is COc1c([C@H]2[C@H](C(=O)Nc3ccnc(C(N)=S)c3)O[C@@](C)(C(F)(F)F)[C@H]2C)ccc(F)c1F. The molecule has 1 fully saturated rings. The molecule has 0 radical (unpaired) electrons. The number of hydrogen-bond acceptors (Lipinski definition) is 5. The fraction of sp³-hybridized carbons (Fsp3) is 0.381. The Morgan fingerprint density at radius 2 is 1.97 bits per heavy atom. The van der Waals surface area contributed by atoms with Crippen molar-refractivity contribution in [1.82, 2.24) is 4.98 Å². The smallest absolute Gasteiger partial charge is 0.417 e. The molecule has 0 aliphatic carbocycles. The molecule has 1 aliphatic rings. The van der Waals surface area contributed by atoms with Crippen LogP contribution in [0.5, 0.6) is 5.75 Å². The van der Waals surface area contributed by atoms with Crippen LogP contribution in [0.15, 0.2) is 30.5 Å². The van der Waals surface area contributed by atoms with Crippen molar-refractivity contribution in [1.29, 1.82) is 0 Å². The van der Waals surface area contributed by atoms with Crippen LogP contribution in [0, 0.1) is 17.6 Å². The van der Waals surface area contributed by atoms with E-state index in [1.54, 1.807) is 0 Å². The van der Waals surface area contributed by atoms with Crippen LogP contribution in [-0.2, 0) is 9.53 Å². The van der Waals surface area contributed by atoms with Gasteiger partial charge in [-0.2, -0.15) is 17.6 Å². The van der Waals surface area contributed by atoms with Crippen LogP contribution in [0.25, 0.3) is 0 Å².